The smallest absolute Gasteiger partial charge is 0.255 e. The van der Waals surface area contributed by atoms with Crippen molar-refractivity contribution in [1.29, 1.82) is 0 Å². The van der Waals surface area contributed by atoms with Gasteiger partial charge in [0.25, 0.3) is 5.91 Å². The second-order valence-electron chi connectivity index (χ2n) is 7.55. The first kappa shape index (κ1) is 18.3. The molecule has 4 nitrogen and oxygen atoms in total. The molecular weight excluding hydrogens is 322 g/mol. The number of nitrogens with two attached hydrogens (primary N) is 1. The molecule has 1 fully saturated rings. The summed E-state index contributed by atoms with van der Waals surface area (Å²) in [5.74, 6) is 0.352. The van der Waals surface area contributed by atoms with Gasteiger partial charge in [-0.1, -0.05) is 26.0 Å². The third-order valence-corrected chi connectivity index (χ3v) is 5.22. The van der Waals surface area contributed by atoms with Crippen LogP contribution in [0.1, 0.15) is 61.9 Å². The van der Waals surface area contributed by atoms with E-state index in [2.05, 4.69) is 31.0 Å². The maximum Gasteiger partial charge on any atom is 0.255 e. The van der Waals surface area contributed by atoms with Crippen molar-refractivity contribution in [3.05, 3.63) is 53.6 Å². The van der Waals surface area contributed by atoms with Gasteiger partial charge in [0.2, 0.25) is 0 Å². The third kappa shape index (κ3) is 4.01. The van der Waals surface area contributed by atoms with Crippen LogP contribution < -0.4 is 16.0 Å². The Morgan fingerprint density at radius 1 is 1.15 bits per heavy atom. The minimum atomic E-state index is -0.100. The fraction of sp³-hybridized carbons (Fsp3) is 0.409. The van der Waals surface area contributed by atoms with Crippen molar-refractivity contribution < 1.29 is 4.79 Å². The highest BCUT2D eigenvalue weighted by molar-refractivity contribution is 6.06. The molecule has 0 aliphatic carbocycles. The Balaban J connectivity index is 1.84. The summed E-state index contributed by atoms with van der Waals surface area (Å²) in [5, 5.41) is 3.07. The van der Waals surface area contributed by atoms with Crippen molar-refractivity contribution in [2.45, 2.75) is 52.0 Å². The van der Waals surface area contributed by atoms with E-state index in [1.54, 1.807) is 0 Å². The van der Waals surface area contributed by atoms with Crippen LogP contribution >= 0.6 is 0 Å². The van der Waals surface area contributed by atoms with Gasteiger partial charge >= 0.3 is 0 Å². The first-order valence-corrected chi connectivity index (χ1v) is 9.53. The zero-order valence-corrected chi connectivity index (χ0v) is 16.0. The normalized spacial score (nSPS) is 17.4. The van der Waals surface area contributed by atoms with E-state index < -0.39 is 0 Å². The highest BCUT2D eigenvalue weighted by atomic mass is 16.1. The van der Waals surface area contributed by atoms with Gasteiger partial charge in [0.05, 0.1) is 11.4 Å². The van der Waals surface area contributed by atoms with Gasteiger partial charge in [0.15, 0.2) is 0 Å². The van der Waals surface area contributed by atoms with Gasteiger partial charge in [0.1, 0.15) is 0 Å². The van der Waals surface area contributed by atoms with E-state index in [1.807, 2.05) is 42.5 Å². The number of hydrogen-bond donors (Lipinski definition) is 2. The SMILES string of the molecule is CC(C)c1ccc(C(=O)Nc2cc(N)ccc2N2CCCC[C@H]2C)cc1. The summed E-state index contributed by atoms with van der Waals surface area (Å²) in [6.07, 6.45) is 3.61. The minimum Gasteiger partial charge on any atom is -0.399 e. The molecule has 0 bridgehead atoms. The van der Waals surface area contributed by atoms with Gasteiger partial charge in [-0.2, -0.15) is 0 Å². The van der Waals surface area contributed by atoms with Crippen molar-refractivity contribution in [2.24, 2.45) is 0 Å². The van der Waals surface area contributed by atoms with Crippen molar-refractivity contribution in [1.82, 2.24) is 0 Å². The minimum absolute atomic E-state index is 0.100. The summed E-state index contributed by atoms with van der Waals surface area (Å²) in [6.45, 7) is 7.55. The molecule has 1 heterocycles. The molecule has 0 spiro atoms. The van der Waals surface area contributed by atoms with Crippen LogP contribution in [0.15, 0.2) is 42.5 Å². The number of amides is 1. The van der Waals surface area contributed by atoms with Crippen molar-refractivity contribution in [3.8, 4) is 0 Å². The Labute approximate surface area is 156 Å². The van der Waals surface area contributed by atoms with Crippen molar-refractivity contribution in [2.75, 3.05) is 22.5 Å². The molecule has 4 heteroatoms. The van der Waals surface area contributed by atoms with E-state index in [4.69, 9.17) is 5.73 Å². The van der Waals surface area contributed by atoms with E-state index in [9.17, 15) is 4.79 Å². The molecule has 1 aliphatic rings. The second-order valence-corrected chi connectivity index (χ2v) is 7.55. The van der Waals surface area contributed by atoms with E-state index >= 15 is 0 Å². The first-order valence-electron chi connectivity index (χ1n) is 9.53. The van der Waals surface area contributed by atoms with E-state index in [0.717, 1.165) is 17.9 Å². The van der Waals surface area contributed by atoms with Crippen LogP contribution in [0.25, 0.3) is 0 Å². The number of carbonyl (C=O) groups is 1. The molecule has 3 N–H and O–H groups in total. The maximum atomic E-state index is 12.8. The lowest BCUT2D eigenvalue weighted by Gasteiger charge is -2.36. The molecule has 2 aromatic rings. The van der Waals surface area contributed by atoms with Crippen LogP contribution in [0.2, 0.25) is 0 Å². The molecule has 0 radical (unpaired) electrons. The highest BCUT2D eigenvalue weighted by Crippen LogP contribution is 2.33. The standard InChI is InChI=1S/C22H29N3O/c1-15(2)17-7-9-18(10-8-17)22(26)24-20-14-19(23)11-12-21(20)25-13-5-4-6-16(25)3/h7-12,14-16H,4-6,13,23H2,1-3H3,(H,24,26)/t16-/m1/s1. The Kier molecular flexibility index (Phi) is 5.50. The number of hydrogen-bond acceptors (Lipinski definition) is 3. The summed E-state index contributed by atoms with van der Waals surface area (Å²) >= 11 is 0. The first-order chi connectivity index (χ1) is 12.5. The summed E-state index contributed by atoms with van der Waals surface area (Å²) in [5.41, 5.74) is 10.4. The summed E-state index contributed by atoms with van der Waals surface area (Å²) in [4.78, 5) is 15.1. The summed E-state index contributed by atoms with van der Waals surface area (Å²) < 4.78 is 0. The van der Waals surface area contributed by atoms with Crippen LogP contribution in [0, 0.1) is 0 Å². The number of anilines is 3. The molecule has 1 atom stereocenters. The van der Waals surface area contributed by atoms with Gasteiger partial charge < -0.3 is 16.0 Å². The van der Waals surface area contributed by atoms with Crippen LogP contribution in [0.3, 0.4) is 0 Å². The zero-order chi connectivity index (χ0) is 18.7. The van der Waals surface area contributed by atoms with Gasteiger partial charge in [-0.25, -0.2) is 0 Å². The number of nitrogens with one attached hydrogen (secondary N) is 1. The Morgan fingerprint density at radius 2 is 1.88 bits per heavy atom. The number of nitrogen functional groups attached to an aromatic ring is 1. The average molecular weight is 351 g/mol. The lowest BCUT2D eigenvalue weighted by molar-refractivity contribution is 0.102. The second kappa shape index (κ2) is 7.81. The lowest BCUT2D eigenvalue weighted by atomic mass is 10.0. The van der Waals surface area contributed by atoms with Gasteiger partial charge in [-0.05, 0) is 68.0 Å². The molecule has 0 unspecified atom stereocenters. The number of nitrogens with zero attached hydrogens (tertiary/aromatic N) is 1. The maximum absolute atomic E-state index is 12.8. The van der Waals surface area contributed by atoms with Crippen LogP contribution in [0.5, 0.6) is 0 Å². The third-order valence-electron chi connectivity index (χ3n) is 5.22. The van der Waals surface area contributed by atoms with Crippen LogP contribution in [-0.2, 0) is 0 Å². The lowest BCUT2D eigenvalue weighted by Crippen LogP contribution is -2.38. The molecule has 138 valence electrons. The van der Waals surface area contributed by atoms with Gasteiger partial charge in [0, 0.05) is 23.8 Å². The Hall–Kier alpha value is -2.49. The topological polar surface area (TPSA) is 58.4 Å². The van der Waals surface area contributed by atoms with Crippen molar-refractivity contribution in [3.63, 3.8) is 0 Å². The quantitative estimate of drug-likeness (QED) is 0.760. The average Bonchev–Trinajstić information content (AvgIpc) is 2.63. The number of benzene rings is 2. The fourth-order valence-electron chi connectivity index (χ4n) is 3.57. The molecule has 3 rings (SSSR count). The van der Waals surface area contributed by atoms with Crippen LogP contribution in [-0.4, -0.2) is 18.5 Å². The number of rotatable bonds is 4. The Bertz CT molecular complexity index is 767. The molecular formula is C22H29N3O. The molecule has 0 saturated carbocycles. The summed E-state index contributed by atoms with van der Waals surface area (Å²) in [6, 6.07) is 14.1. The Morgan fingerprint density at radius 3 is 2.54 bits per heavy atom. The fourth-order valence-corrected chi connectivity index (χ4v) is 3.57. The van der Waals surface area contributed by atoms with Crippen LogP contribution in [0.4, 0.5) is 17.1 Å². The van der Waals surface area contributed by atoms with Crippen molar-refractivity contribution >= 4 is 23.0 Å². The zero-order valence-electron chi connectivity index (χ0n) is 16.0. The summed E-state index contributed by atoms with van der Waals surface area (Å²) in [7, 11) is 0. The molecule has 1 saturated heterocycles. The van der Waals surface area contributed by atoms with Gasteiger partial charge in [-0.15, -0.1) is 0 Å². The number of piperidine rings is 1. The van der Waals surface area contributed by atoms with E-state index in [1.165, 1.54) is 24.8 Å². The molecule has 0 aromatic heterocycles. The van der Waals surface area contributed by atoms with E-state index in [0.29, 0.717) is 23.2 Å². The molecule has 1 amide bonds. The highest BCUT2D eigenvalue weighted by Gasteiger charge is 2.22. The number of carbonyl (C=O) groups excluding carboxylic acids is 1. The molecule has 26 heavy (non-hydrogen) atoms. The van der Waals surface area contributed by atoms with Gasteiger partial charge in [-0.3, -0.25) is 4.79 Å². The monoisotopic (exact) mass is 351 g/mol. The molecule has 1 aliphatic heterocycles. The predicted molar refractivity (Wildman–Crippen MR) is 110 cm³/mol. The predicted octanol–water partition coefficient (Wildman–Crippen LogP) is 5.02. The molecule has 2 aromatic carbocycles. The largest absolute Gasteiger partial charge is 0.399 e. The van der Waals surface area contributed by atoms with E-state index in [-0.39, 0.29) is 5.91 Å².